The minimum atomic E-state index is -4.04. The summed E-state index contributed by atoms with van der Waals surface area (Å²) in [5, 5.41) is 3.10. The van der Waals surface area contributed by atoms with Gasteiger partial charge in [-0.05, 0) is 12.8 Å². The summed E-state index contributed by atoms with van der Waals surface area (Å²) < 4.78 is 30.8. The van der Waals surface area contributed by atoms with Gasteiger partial charge in [0.1, 0.15) is 0 Å². The standard InChI is InChI=1S/C8H17NO3S.Li/c10-13(11,12)7-6-9-8-4-2-1-3-5-8;/h8-9H,1-7H2,(H,10,11,12);/q;+1/p-1. The predicted molar refractivity (Wildman–Crippen MR) is 49.4 cm³/mol. The molecular weight excluding hydrogens is 197 g/mol. The summed E-state index contributed by atoms with van der Waals surface area (Å²) in [5.41, 5.74) is 0. The van der Waals surface area contributed by atoms with Crippen molar-refractivity contribution in [2.24, 2.45) is 0 Å². The van der Waals surface area contributed by atoms with Gasteiger partial charge in [-0.2, -0.15) is 0 Å². The first kappa shape index (κ1) is 14.5. The molecule has 0 aliphatic heterocycles. The molecule has 1 aliphatic rings. The summed E-state index contributed by atoms with van der Waals surface area (Å²) in [4.78, 5) is 0. The van der Waals surface area contributed by atoms with Crippen LogP contribution in [0.4, 0.5) is 0 Å². The molecule has 6 heteroatoms. The van der Waals surface area contributed by atoms with Gasteiger partial charge in [-0.15, -0.1) is 0 Å². The molecule has 4 nitrogen and oxygen atoms in total. The second kappa shape index (κ2) is 6.86. The topological polar surface area (TPSA) is 69.2 Å². The summed E-state index contributed by atoms with van der Waals surface area (Å²) >= 11 is 0. The van der Waals surface area contributed by atoms with Crippen LogP contribution in [0.1, 0.15) is 32.1 Å². The molecule has 0 atom stereocenters. The van der Waals surface area contributed by atoms with Crippen LogP contribution in [0.2, 0.25) is 0 Å². The molecule has 14 heavy (non-hydrogen) atoms. The smallest absolute Gasteiger partial charge is 0.748 e. The van der Waals surface area contributed by atoms with E-state index in [9.17, 15) is 13.0 Å². The van der Waals surface area contributed by atoms with E-state index in [4.69, 9.17) is 0 Å². The van der Waals surface area contributed by atoms with Crippen LogP contribution in [0.3, 0.4) is 0 Å². The summed E-state index contributed by atoms with van der Waals surface area (Å²) in [6, 6.07) is 0.426. The van der Waals surface area contributed by atoms with Gasteiger partial charge in [0.05, 0.1) is 15.9 Å². The van der Waals surface area contributed by atoms with Crippen LogP contribution < -0.4 is 24.2 Å². The van der Waals surface area contributed by atoms with E-state index in [0.717, 1.165) is 12.8 Å². The Hall–Kier alpha value is 0.467. The third-order valence-corrected chi connectivity index (χ3v) is 3.09. The molecule has 1 aliphatic carbocycles. The molecule has 0 amide bonds. The third kappa shape index (κ3) is 6.85. The van der Waals surface area contributed by atoms with Crippen molar-refractivity contribution in [1.29, 1.82) is 0 Å². The Morgan fingerprint density at radius 1 is 1.21 bits per heavy atom. The van der Waals surface area contributed by atoms with Gasteiger partial charge in [0, 0.05) is 12.6 Å². The average Bonchev–Trinajstić information content (AvgIpc) is 2.04. The zero-order chi connectivity index (χ0) is 9.73. The van der Waals surface area contributed by atoms with Gasteiger partial charge >= 0.3 is 18.9 Å². The van der Waals surface area contributed by atoms with Crippen LogP contribution in [0.5, 0.6) is 0 Å². The van der Waals surface area contributed by atoms with Crippen molar-refractivity contribution >= 4 is 10.1 Å². The maximum atomic E-state index is 10.3. The van der Waals surface area contributed by atoms with Crippen LogP contribution in [-0.2, 0) is 10.1 Å². The summed E-state index contributed by atoms with van der Waals surface area (Å²) in [6.45, 7) is 0.302. The second-order valence-electron chi connectivity index (χ2n) is 3.55. The molecule has 0 spiro atoms. The van der Waals surface area contributed by atoms with Gasteiger partial charge in [0.25, 0.3) is 0 Å². The van der Waals surface area contributed by atoms with Gasteiger partial charge in [-0.3, -0.25) is 0 Å². The molecule has 0 bridgehead atoms. The molecule has 0 aromatic carbocycles. The van der Waals surface area contributed by atoms with Gasteiger partial charge in [0.2, 0.25) is 0 Å². The zero-order valence-electron chi connectivity index (χ0n) is 8.66. The molecule has 78 valence electrons. The Morgan fingerprint density at radius 2 is 1.79 bits per heavy atom. The van der Waals surface area contributed by atoms with Crippen LogP contribution in [-0.4, -0.2) is 31.3 Å². The zero-order valence-corrected chi connectivity index (χ0v) is 9.48. The molecule has 1 N–H and O–H groups in total. The van der Waals surface area contributed by atoms with E-state index in [1.807, 2.05) is 0 Å². The molecule has 0 heterocycles. The minimum Gasteiger partial charge on any atom is -0.748 e. The Kier molecular flexibility index (Phi) is 7.09. The molecule has 0 aromatic heterocycles. The Bertz CT molecular complexity index is 237. The van der Waals surface area contributed by atoms with Crippen LogP contribution in [0, 0.1) is 0 Å². The van der Waals surface area contributed by atoms with E-state index in [1.54, 1.807) is 0 Å². The van der Waals surface area contributed by atoms with Crippen molar-refractivity contribution in [2.75, 3.05) is 12.3 Å². The Labute approximate surface area is 97.8 Å². The molecule has 0 unspecified atom stereocenters. The van der Waals surface area contributed by atoms with Crippen molar-refractivity contribution in [3.63, 3.8) is 0 Å². The molecule has 0 saturated heterocycles. The summed E-state index contributed by atoms with van der Waals surface area (Å²) in [6.07, 6.45) is 5.92. The minimum absolute atomic E-state index is 0. The number of nitrogens with one attached hydrogen (secondary N) is 1. The van der Waals surface area contributed by atoms with Crippen molar-refractivity contribution in [2.45, 2.75) is 38.1 Å². The van der Waals surface area contributed by atoms with Gasteiger partial charge in [0.15, 0.2) is 0 Å². The summed E-state index contributed by atoms with van der Waals surface area (Å²) in [5.74, 6) is -0.288. The van der Waals surface area contributed by atoms with Gasteiger partial charge in [-0.25, -0.2) is 8.42 Å². The van der Waals surface area contributed by atoms with Crippen molar-refractivity contribution < 1.29 is 31.8 Å². The predicted octanol–water partition coefficient (Wildman–Crippen LogP) is -2.54. The van der Waals surface area contributed by atoms with E-state index in [0.29, 0.717) is 12.6 Å². The molecule has 1 saturated carbocycles. The summed E-state index contributed by atoms with van der Waals surface area (Å²) in [7, 11) is -4.04. The second-order valence-corrected chi connectivity index (χ2v) is 5.07. The van der Waals surface area contributed by atoms with Crippen molar-refractivity contribution in [3.05, 3.63) is 0 Å². The van der Waals surface area contributed by atoms with Gasteiger partial charge in [-0.1, -0.05) is 19.3 Å². The first-order valence-electron chi connectivity index (χ1n) is 4.75. The van der Waals surface area contributed by atoms with Crippen molar-refractivity contribution in [1.82, 2.24) is 5.32 Å². The van der Waals surface area contributed by atoms with E-state index >= 15 is 0 Å². The average molecular weight is 213 g/mol. The molecular formula is C8H16LiNO3S. The van der Waals surface area contributed by atoms with E-state index in [-0.39, 0.29) is 24.6 Å². The largest absolute Gasteiger partial charge is 1.00 e. The normalized spacial score (nSPS) is 18.9. The van der Waals surface area contributed by atoms with E-state index < -0.39 is 10.1 Å². The fourth-order valence-corrected chi connectivity index (χ4v) is 2.06. The SMILES string of the molecule is O=S(=O)([O-])CCNC1CCCCC1.[Li+]. The van der Waals surface area contributed by atoms with Crippen LogP contribution in [0.15, 0.2) is 0 Å². The number of hydrogen-bond donors (Lipinski definition) is 1. The first-order chi connectivity index (χ1) is 6.08. The maximum Gasteiger partial charge on any atom is 1.00 e. The molecule has 1 rings (SSSR count). The monoisotopic (exact) mass is 213 g/mol. The number of rotatable bonds is 4. The Balaban J connectivity index is 0.00000169. The van der Waals surface area contributed by atoms with E-state index in [1.165, 1.54) is 19.3 Å². The molecule has 1 fully saturated rings. The van der Waals surface area contributed by atoms with E-state index in [2.05, 4.69) is 5.32 Å². The van der Waals surface area contributed by atoms with Crippen LogP contribution in [0.25, 0.3) is 0 Å². The molecule has 0 radical (unpaired) electrons. The fourth-order valence-electron chi connectivity index (χ4n) is 1.69. The first-order valence-corrected chi connectivity index (χ1v) is 6.32. The fraction of sp³-hybridized carbons (Fsp3) is 1.00. The number of hydrogen-bond acceptors (Lipinski definition) is 4. The third-order valence-electron chi connectivity index (χ3n) is 2.39. The van der Waals surface area contributed by atoms with Crippen molar-refractivity contribution in [3.8, 4) is 0 Å². The van der Waals surface area contributed by atoms with Crippen LogP contribution >= 0.6 is 0 Å². The quantitative estimate of drug-likeness (QED) is 0.412. The maximum absolute atomic E-state index is 10.3. The molecule has 0 aromatic rings. The Morgan fingerprint density at radius 3 is 2.29 bits per heavy atom. The van der Waals surface area contributed by atoms with Gasteiger partial charge < -0.3 is 9.87 Å².